The van der Waals surface area contributed by atoms with Gasteiger partial charge in [-0.1, -0.05) is 97.2 Å². The number of rotatable bonds is 33. The number of carbonyl (C=O) groups excluding carboxylic acids is 10. The number of nitrogens with zero attached hydrogens (tertiary/aromatic N) is 1. The van der Waals surface area contributed by atoms with Crippen molar-refractivity contribution in [1.82, 2.24) is 26.2 Å². The molecule has 5 unspecified atom stereocenters. The van der Waals surface area contributed by atoms with Gasteiger partial charge in [0, 0.05) is 72.7 Å². The standard InChI is InChI=1S/C33H49NO9.C31H44N6O8/c1-6-23(4)30(38)34-29(24(7-2)14-17-41-28(37)11-9-8-10-27(35)36)31(39)42-21-33-16-12-22(3)18-26(33)43-25-13-15-32(33,5)20-40-19-25;1-4-27(41)45-19-21-11-13-22(14-12-21)34-29(42)23(9-8-17-33-31(32)44)35-30(43)28(20(2)3)36-24(38)10-6-5-7-18-37-25(39)15-16-26(37)40/h8-11,18,23-26,29H,6-7,12-17,19-21H2,1-5H3,(H,34,38)(H,35,36);11-16,20,23,28H,4-10,17-19H2,1-3H3,(H,34,42)(H,35,43)(H,36,38)(H3,32,33,44)/b10-8-,11-9+;/t23?,24-,25?,26-,29?,32?,33-;23-,28?/m10/s1. The number of carboxylic acids is 1. The average molecular weight is 1230 g/mol. The van der Waals surface area contributed by atoms with E-state index in [1.54, 1.807) is 45.0 Å². The number of carboxylic acid groups (broad SMARTS) is 1. The van der Waals surface area contributed by atoms with Crippen LogP contribution in [0.15, 0.2) is 72.4 Å². The molecule has 0 aromatic heterocycles. The third kappa shape index (κ3) is 23.1. The first-order valence-corrected chi connectivity index (χ1v) is 30.7. The topological polar surface area (TPSA) is 344 Å². The van der Waals surface area contributed by atoms with E-state index in [9.17, 15) is 52.7 Å². The summed E-state index contributed by atoms with van der Waals surface area (Å²) in [5, 5.41) is 22.3. The highest BCUT2D eigenvalue weighted by Crippen LogP contribution is 2.56. The smallest absolute Gasteiger partial charge is 0.330 e. The van der Waals surface area contributed by atoms with Crippen molar-refractivity contribution in [3.8, 4) is 0 Å². The van der Waals surface area contributed by atoms with Crippen molar-refractivity contribution < 1.29 is 81.5 Å². The fourth-order valence-corrected chi connectivity index (χ4v) is 10.7. The number of benzene rings is 1. The monoisotopic (exact) mass is 1230 g/mol. The van der Waals surface area contributed by atoms with Gasteiger partial charge in [-0.25, -0.2) is 19.2 Å². The summed E-state index contributed by atoms with van der Waals surface area (Å²) in [5.74, 6) is -5.77. The van der Waals surface area contributed by atoms with Gasteiger partial charge in [0.15, 0.2) is 0 Å². The first-order chi connectivity index (χ1) is 41.8. The molecule has 8 N–H and O–H groups in total. The fraction of sp³-hybridized carbons (Fsp3) is 0.609. The Morgan fingerprint density at radius 2 is 1.52 bits per heavy atom. The lowest BCUT2D eigenvalue weighted by molar-refractivity contribution is -0.188. The molecule has 4 aliphatic rings. The first kappa shape index (κ1) is 72.7. The Kier molecular flexibility index (Phi) is 30.2. The molecule has 5 rings (SSSR count). The van der Waals surface area contributed by atoms with Crippen molar-refractivity contribution in [2.24, 2.45) is 34.3 Å². The van der Waals surface area contributed by atoms with Crippen LogP contribution in [0.5, 0.6) is 0 Å². The first-order valence-electron chi connectivity index (χ1n) is 30.7. The number of urea groups is 1. The summed E-state index contributed by atoms with van der Waals surface area (Å²) in [4.78, 5) is 136. The van der Waals surface area contributed by atoms with Crippen molar-refractivity contribution in [3.05, 3.63) is 77.9 Å². The number of nitrogens with two attached hydrogens (primary N) is 1. The van der Waals surface area contributed by atoms with Crippen LogP contribution >= 0.6 is 0 Å². The Morgan fingerprint density at radius 1 is 0.818 bits per heavy atom. The lowest BCUT2D eigenvalue weighted by Crippen LogP contribution is -2.57. The minimum Gasteiger partial charge on any atom is -0.478 e. The van der Waals surface area contributed by atoms with Crippen LogP contribution in [-0.2, 0) is 78.2 Å². The zero-order chi connectivity index (χ0) is 65.0. The van der Waals surface area contributed by atoms with Crippen LogP contribution < -0.4 is 32.3 Å². The van der Waals surface area contributed by atoms with Gasteiger partial charge in [0.25, 0.3) is 11.8 Å². The van der Waals surface area contributed by atoms with Gasteiger partial charge in [-0.2, -0.15) is 0 Å². The van der Waals surface area contributed by atoms with Gasteiger partial charge in [0.05, 0.1) is 32.0 Å². The quantitative estimate of drug-likeness (QED) is 0.00787. The molecule has 1 aromatic rings. The summed E-state index contributed by atoms with van der Waals surface area (Å²) < 4.78 is 29.2. The predicted octanol–water partition coefficient (Wildman–Crippen LogP) is 6.17. The minimum absolute atomic E-state index is 0.00402. The maximum absolute atomic E-state index is 13.9. The number of amides is 8. The zero-order valence-electron chi connectivity index (χ0n) is 52.3. The number of fused-ring (bicyclic) bond motifs is 5. The highest BCUT2D eigenvalue weighted by atomic mass is 16.6. The van der Waals surface area contributed by atoms with E-state index in [1.165, 1.54) is 29.9 Å². The number of allylic oxidation sites excluding steroid dienone is 3. The second-order valence-electron chi connectivity index (χ2n) is 23.5. The summed E-state index contributed by atoms with van der Waals surface area (Å²) in [6.45, 7) is 17.1. The van der Waals surface area contributed by atoms with E-state index in [1.807, 2.05) is 20.8 Å². The normalized spacial score (nSPS) is 21.2. The highest BCUT2D eigenvalue weighted by molar-refractivity contribution is 6.12. The third-order valence-electron chi connectivity index (χ3n) is 16.6. The number of imide groups is 1. The number of aliphatic carboxylic acids is 1. The van der Waals surface area contributed by atoms with Gasteiger partial charge >= 0.3 is 29.9 Å². The fourth-order valence-electron chi connectivity index (χ4n) is 10.7. The molecule has 0 radical (unpaired) electrons. The van der Waals surface area contributed by atoms with E-state index >= 15 is 0 Å². The number of anilines is 1. The molecule has 24 heteroatoms. The second-order valence-corrected chi connectivity index (χ2v) is 23.5. The average Bonchev–Trinajstić information content (AvgIpc) is 1.77. The van der Waals surface area contributed by atoms with Crippen molar-refractivity contribution in [1.29, 1.82) is 0 Å². The second kappa shape index (κ2) is 36.5. The molecule has 24 nitrogen and oxygen atoms in total. The summed E-state index contributed by atoms with van der Waals surface area (Å²) in [6, 6.07) is 3.19. The molecular weight excluding hydrogens is 1140 g/mol. The molecule has 8 amide bonds. The third-order valence-corrected chi connectivity index (χ3v) is 16.6. The molecule has 9 atom stereocenters. The molecule has 2 bridgehead atoms. The van der Waals surface area contributed by atoms with Crippen LogP contribution in [0.25, 0.3) is 0 Å². The Morgan fingerprint density at radius 3 is 2.17 bits per heavy atom. The molecule has 0 saturated carbocycles. The lowest BCUT2D eigenvalue weighted by Gasteiger charge is -2.52. The number of nitrogens with one attached hydrogen (secondary N) is 5. The number of esters is 3. The number of hydrogen-bond donors (Lipinski definition) is 7. The van der Waals surface area contributed by atoms with Gasteiger partial charge in [0.2, 0.25) is 23.6 Å². The SMILES string of the molecule is CCC(=O)OCc1ccc(NC(=O)[C@H](CCCNC(N)=O)NC(=O)C(NC(=O)CCCCCN2C(=O)C=CC2=O)C(C)C)cc1.CCC(C)C(=O)NC(C(=O)OC[C@]12CCC(C)=C[C@H]1OC1CCC2(C)COC1)[C@H](CC)CCOC(=O)/C=C/C=C\C(=O)O. The molecule has 486 valence electrons. The molecular formula is C64H93N7O17. The van der Waals surface area contributed by atoms with E-state index in [0.717, 1.165) is 48.3 Å². The number of ether oxygens (including phenoxy) is 5. The van der Waals surface area contributed by atoms with Crippen LogP contribution in [0.4, 0.5) is 10.5 Å². The van der Waals surface area contributed by atoms with E-state index in [0.29, 0.717) is 63.8 Å². The number of unbranched alkanes of at least 4 members (excludes halogenated alkanes) is 2. The minimum atomic E-state index is -1.12. The number of carbonyl (C=O) groups is 11. The van der Waals surface area contributed by atoms with Crippen LogP contribution in [-0.4, -0.2) is 145 Å². The van der Waals surface area contributed by atoms with E-state index < -0.39 is 59.3 Å². The lowest BCUT2D eigenvalue weighted by atomic mass is 9.56. The van der Waals surface area contributed by atoms with Gasteiger partial charge < -0.3 is 61.1 Å². The number of hydrogen-bond acceptors (Lipinski definition) is 16. The molecule has 3 aliphatic heterocycles. The van der Waals surface area contributed by atoms with Gasteiger partial charge in [-0.15, -0.1) is 0 Å². The van der Waals surface area contributed by atoms with Crippen molar-refractivity contribution >= 4 is 71.0 Å². The summed E-state index contributed by atoms with van der Waals surface area (Å²) >= 11 is 0. The van der Waals surface area contributed by atoms with Gasteiger partial charge in [-0.3, -0.25) is 38.5 Å². The Bertz CT molecular complexity index is 2690. The van der Waals surface area contributed by atoms with Crippen LogP contribution in [0.1, 0.15) is 151 Å². The predicted molar refractivity (Wildman–Crippen MR) is 325 cm³/mol. The highest BCUT2D eigenvalue weighted by Gasteiger charge is 2.58. The molecule has 88 heavy (non-hydrogen) atoms. The largest absolute Gasteiger partial charge is 0.478 e. The van der Waals surface area contributed by atoms with Gasteiger partial charge in [-0.05, 0) is 101 Å². The summed E-state index contributed by atoms with van der Waals surface area (Å²) in [5.41, 5.74) is 6.88. The van der Waals surface area contributed by atoms with Crippen molar-refractivity contribution in [3.63, 3.8) is 0 Å². The van der Waals surface area contributed by atoms with Crippen molar-refractivity contribution in [2.45, 2.75) is 182 Å². The summed E-state index contributed by atoms with van der Waals surface area (Å²) in [6.07, 6.45) is 16.6. The Labute approximate surface area is 516 Å². The van der Waals surface area contributed by atoms with E-state index in [4.69, 9.17) is 34.5 Å². The van der Waals surface area contributed by atoms with Gasteiger partial charge in [0.1, 0.15) is 31.3 Å². The molecule has 1 aromatic carbocycles. The van der Waals surface area contributed by atoms with E-state index in [2.05, 4.69) is 46.5 Å². The van der Waals surface area contributed by atoms with Crippen LogP contribution in [0.3, 0.4) is 0 Å². The molecule has 2 saturated heterocycles. The van der Waals surface area contributed by atoms with Crippen LogP contribution in [0.2, 0.25) is 0 Å². The number of primary amides is 1. The molecule has 1 aliphatic carbocycles. The molecule has 0 spiro atoms. The zero-order valence-corrected chi connectivity index (χ0v) is 52.3. The molecule has 2 fully saturated rings. The Balaban J connectivity index is 0.000000377. The van der Waals surface area contributed by atoms with Crippen molar-refractivity contribution in [2.75, 3.05) is 44.8 Å². The van der Waals surface area contributed by atoms with Crippen LogP contribution in [0, 0.1) is 28.6 Å². The maximum Gasteiger partial charge on any atom is 0.330 e. The summed E-state index contributed by atoms with van der Waals surface area (Å²) in [7, 11) is 0. The van der Waals surface area contributed by atoms with E-state index in [-0.39, 0.29) is 117 Å². The molecule has 3 heterocycles. The maximum atomic E-state index is 13.9. The Hall–Kier alpha value is -7.73.